The summed E-state index contributed by atoms with van der Waals surface area (Å²) >= 11 is 0. The fourth-order valence-corrected chi connectivity index (χ4v) is 3.47. The van der Waals surface area contributed by atoms with Crippen molar-refractivity contribution in [1.29, 1.82) is 0 Å². The molecule has 9 heteroatoms. The molecule has 7 nitrogen and oxygen atoms in total. The van der Waals surface area contributed by atoms with Gasteiger partial charge in [-0.2, -0.15) is 0 Å². The second-order valence-electron chi connectivity index (χ2n) is 5.35. The van der Waals surface area contributed by atoms with Crippen LogP contribution in [-0.2, 0) is 16.4 Å². The van der Waals surface area contributed by atoms with Gasteiger partial charge in [0.1, 0.15) is 5.82 Å². The Morgan fingerprint density at radius 1 is 1.04 bits per heavy atom. The van der Waals surface area contributed by atoms with E-state index in [0.717, 1.165) is 0 Å². The van der Waals surface area contributed by atoms with E-state index in [-0.39, 0.29) is 28.8 Å². The summed E-state index contributed by atoms with van der Waals surface area (Å²) in [7, 11) is -3.88. The Bertz CT molecular complexity index is 1150. The third-order valence-electron chi connectivity index (χ3n) is 3.67. The number of halogens is 1. The summed E-state index contributed by atoms with van der Waals surface area (Å²) in [5.41, 5.74) is -0.713. The van der Waals surface area contributed by atoms with Crippen molar-refractivity contribution in [2.24, 2.45) is 0 Å². The van der Waals surface area contributed by atoms with Crippen molar-refractivity contribution in [1.82, 2.24) is 14.7 Å². The van der Waals surface area contributed by atoms with Crippen molar-refractivity contribution in [2.75, 3.05) is 6.54 Å². The van der Waals surface area contributed by atoms with Gasteiger partial charge in [-0.3, -0.25) is 9.78 Å². The summed E-state index contributed by atoms with van der Waals surface area (Å²) in [5.74, 6) is -0.400. The van der Waals surface area contributed by atoms with Crippen LogP contribution in [0.2, 0.25) is 0 Å². The van der Waals surface area contributed by atoms with Crippen LogP contribution in [0.1, 0.15) is 5.56 Å². The highest BCUT2D eigenvalue weighted by molar-refractivity contribution is 7.89. The SMILES string of the molecule is O=c1[nH]c(=O)c2cc(S(=O)(=O)NCCc3ccccc3F)ccc2[nH]1. The molecule has 0 fully saturated rings. The summed E-state index contributed by atoms with van der Waals surface area (Å²) in [6, 6.07) is 9.91. The molecule has 3 N–H and O–H groups in total. The Balaban J connectivity index is 1.82. The maximum absolute atomic E-state index is 13.5. The Morgan fingerprint density at radius 3 is 2.56 bits per heavy atom. The molecule has 0 bridgehead atoms. The molecule has 0 spiro atoms. The zero-order valence-corrected chi connectivity index (χ0v) is 13.7. The highest BCUT2D eigenvalue weighted by Crippen LogP contribution is 2.14. The highest BCUT2D eigenvalue weighted by Gasteiger charge is 2.15. The molecule has 0 aliphatic heterocycles. The van der Waals surface area contributed by atoms with Gasteiger partial charge >= 0.3 is 5.69 Å². The number of rotatable bonds is 5. The van der Waals surface area contributed by atoms with Crippen LogP contribution in [0.25, 0.3) is 10.9 Å². The third kappa shape index (κ3) is 3.67. The van der Waals surface area contributed by atoms with E-state index in [1.54, 1.807) is 18.2 Å². The quantitative estimate of drug-likeness (QED) is 0.624. The minimum atomic E-state index is -3.88. The van der Waals surface area contributed by atoms with Gasteiger partial charge in [-0.15, -0.1) is 0 Å². The Labute approximate surface area is 141 Å². The number of sulfonamides is 1. The molecule has 130 valence electrons. The topological polar surface area (TPSA) is 112 Å². The zero-order valence-electron chi connectivity index (χ0n) is 12.9. The molecule has 1 aromatic heterocycles. The van der Waals surface area contributed by atoms with Gasteiger partial charge in [0.25, 0.3) is 5.56 Å². The molecule has 0 saturated heterocycles. The van der Waals surface area contributed by atoms with Crippen LogP contribution in [0.4, 0.5) is 4.39 Å². The first-order chi connectivity index (χ1) is 11.9. The molecule has 0 atom stereocenters. The lowest BCUT2D eigenvalue weighted by Gasteiger charge is -2.08. The monoisotopic (exact) mass is 363 g/mol. The first-order valence-electron chi connectivity index (χ1n) is 7.36. The maximum Gasteiger partial charge on any atom is 0.326 e. The standard InChI is InChI=1S/C16H14FN3O4S/c17-13-4-2-1-3-10(13)7-8-18-25(23,24)11-5-6-14-12(9-11)15(21)20-16(22)19-14/h1-6,9,18H,7-8H2,(H2,19,20,21,22). The summed E-state index contributed by atoms with van der Waals surface area (Å²) in [5, 5.41) is 0.0524. The predicted octanol–water partition coefficient (Wildman–Crippen LogP) is 0.876. The molecule has 0 aliphatic rings. The number of aromatic nitrogens is 2. The van der Waals surface area contributed by atoms with Gasteiger partial charge in [0, 0.05) is 6.54 Å². The predicted molar refractivity (Wildman–Crippen MR) is 90.5 cm³/mol. The van der Waals surface area contributed by atoms with E-state index in [1.807, 2.05) is 4.98 Å². The lowest BCUT2D eigenvalue weighted by molar-refractivity contribution is 0.577. The van der Waals surface area contributed by atoms with E-state index in [2.05, 4.69) is 9.71 Å². The summed E-state index contributed by atoms with van der Waals surface area (Å²) in [6.45, 7) is 0.00326. The van der Waals surface area contributed by atoms with Crippen LogP contribution < -0.4 is 16.0 Å². The van der Waals surface area contributed by atoms with Gasteiger partial charge in [0.15, 0.2) is 0 Å². The Hall–Kier alpha value is -2.78. The molecular weight excluding hydrogens is 349 g/mol. The molecule has 0 unspecified atom stereocenters. The second-order valence-corrected chi connectivity index (χ2v) is 7.12. The number of aromatic amines is 2. The molecule has 3 rings (SSSR count). The molecule has 0 amide bonds. The first-order valence-corrected chi connectivity index (χ1v) is 8.84. The number of H-pyrrole nitrogens is 2. The maximum atomic E-state index is 13.5. The van der Waals surface area contributed by atoms with E-state index in [9.17, 15) is 22.4 Å². The number of benzene rings is 2. The lowest BCUT2D eigenvalue weighted by Crippen LogP contribution is -2.27. The van der Waals surface area contributed by atoms with Crippen molar-refractivity contribution < 1.29 is 12.8 Å². The van der Waals surface area contributed by atoms with Crippen molar-refractivity contribution in [2.45, 2.75) is 11.3 Å². The minimum absolute atomic E-state index is 0.00326. The van der Waals surface area contributed by atoms with Gasteiger partial charge in [-0.25, -0.2) is 22.3 Å². The lowest BCUT2D eigenvalue weighted by atomic mass is 10.1. The average molecular weight is 363 g/mol. The third-order valence-corrected chi connectivity index (χ3v) is 5.12. The van der Waals surface area contributed by atoms with Crippen LogP contribution in [0.3, 0.4) is 0 Å². The highest BCUT2D eigenvalue weighted by atomic mass is 32.2. The number of hydrogen-bond acceptors (Lipinski definition) is 4. The van der Waals surface area contributed by atoms with Crippen molar-refractivity contribution in [3.05, 3.63) is 74.7 Å². The van der Waals surface area contributed by atoms with Crippen molar-refractivity contribution in [3.8, 4) is 0 Å². The smallest absolute Gasteiger partial charge is 0.307 e. The van der Waals surface area contributed by atoms with Gasteiger partial charge in [-0.05, 0) is 36.2 Å². The van der Waals surface area contributed by atoms with Crippen LogP contribution in [0.15, 0.2) is 56.9 Å². The van der Waals surface area contributed by atoms with E-state index >= 15 is 0 Å². The van der Waals surface area contributed by atoms with Gasteiger partial charge < -0.3 is 4.98 Å². The van der Waals surface area contributed by atoms with Crippen LogP contribution in [0, 0.1) is 5.82 Å². The Morgan fingerprint density at radius 2 is 1.80 bits per heavy atom. The van der Waals surface area contributed by atoms with Gasteiger partial charge in [0.2, 0.25) is 10.0 Å². The van der Waals surface area contributed by atoms with Crippen LogP contribution in [-0.4, -0.2) is 24.9 Å². The second kappa shape index (κ2) is 6.61. The average Bonchev–Trinajstić information content (AvgIpc) is 2.56. The number of fused-ring (bicyclic) bond motifs is 1. The minimum Gasteiger partial charge on any atom is -0.307 e. The summed E-state index contributed by atoms with van der Waals surface area (Å²) < 4.78 is 40.6. The summed E-state index contributed by atoms with van der Waals surface area (Å²) in [6.07, 6.45) is 0.188. The van der Waals surface area contributed by atoms with Crippen molar-refractivity contribution >= 4 is 20.9 Å². The van der Waals surface area contributed by atoms with Gasteiger partial charge in [-0.1, -0.05) is 18.2 Å². The van der Waals surface area contributed by atoms with Crippen LogP contribution in [0.5, 0.6) is 0 Å². The molecule has 1 heterocycles. The Kier molecular flexibility index (Phi) is 4.51. The number of nitrogens with one attached hydrogen (secondary N) is 3. The largest absolute Gasteiger partial charge is 0.326 e. The normalized spacial score (nSPS) is 11.7. The molecule has 3 aromatic rings. The molecule has 0 radical (unpaired) electrons. The van der Waals surface area contributed by atoms with E-state index in [0.29, 0.717) is 5.56 Å². The zero-order chi connectivity index (χ0) is 18.0. The van der Waals surface area contributed by atoms with E-state index in [1.165, 1.54) is 24.3 Å². The van der Waals surface area contributed by atoms with Crippen LogP contribution >= 0.6 is 0 Å². The van der Waals surface area contributed by atoms with E-state index < -0.39 is 27.1 Å². The first kappa shape index (κ1) is 17.1. The fraction of sp³-hybridized carbons (Fsp3) is 0.125. The molecule has 25 heavy (non-hydrogen) atoms. The summed E-state index contributed by atoms with van der Waals surface area (Å²) in [4.78, 5) is 27.3. The molecule has 0 saturated carbocycles. The van der Waals surface area contributed by atoms with Crippen molar-refractivity contribution in [3.63, 3.8) is 0 Å². The molecule has 0 aliphatic carbocycles. The molecular formula is C16H14FN3O4S. The number of hydrogen-bond donors (Lipinski definition) is 3. The van der Waals surface area contributed by atoms with E-state index in [4.69, 9.17) is 0 Å². The fourth-order valence-electron chi connectivity index (χ4n) is 2.42. The molecule has 2 aromatic carbocycles. The van der Waals surface area contributed by atoms with Gasteiger partial charge in [0.05, 0.1) is 15.8 Å².